The second kappa shape index (κ2) is 5.62. The summed E-state index contributed by atoms with van der Waals surface area (Å²) >= 11 is 0. The Kier molecular flexibility index (Phi) is 3.14. The predicted molar refractivity (Wildman–Crippen MR) is 125 cm³/mol. The van der Waals surface area contributed by atoms with E-state index in [1.54, 1.807) is 0 Å². The van der Waals surface area contributed by atoms with E-state index in [4.69, 9.17) is 0 Å². The molecule has 29 heavy (non-hydrogen) atoms. The molecule has 0 spiro atoms. The Hall–Kier alpha value is -3.78. The molecule has 3 heterocycles. The molecule has 2 heteroatoms. The van der Waals surface area contributed by atoms with Crippen LogP contribution in [0.5, 0.6) is 0 Å². The summed E-state index contributed by atoms with van der Waals surface area (Å²) in [5.74, 6) is 0. The first kappa shape index (κ1) is 16.2. The molecule has 0 fully saturated rings. The molecule has 6 aromatic rings. The molecule has 0 aliphatic carbocycles. The van der Waals surface area contributed by atoms with Crippen LogP contribution in [-0.4, -0.2) is 8.97 Å². The predicted octanol–water partition coefficient (Wildman–Crippen LogP) is 4.53. The van der Waals surface area contributed by atoms with E-state index in [1.165, 1.54) is 38.4 Å². The first-order valence-corrected chi connectivity index (χ1v) is 9.89. The van der Waals surface area contributed by atoms with Crippen molar-refractivity contribution in [3.8, 4) is 5.69 Å². The molecule has 0 radical (unpaired) electrons. The van der Waals surface area contributed by atoms with Crippen molar-refractivity contribution in [2.45, 2.75) is 6.92 Å². The lowest BCUT2D eigenvalue weighted by Crippen LogP contribution is -2.23. The third-order valence-electron chi connectivity index (χ3n) is 6.08. The highest BCUT2D eigenvalue weighted by molar-refractivity contribution is 6.22. The Balaban J connectivity index is 1.94. The normalized spacial score (nSPS) is 12.8. The van der Waals surface area contributed by atoms with Crippen molar-refractivity contribution in [2.75, 3.05) is 0 Å². The van der Waals surface area contributed by atoms with E-state index >= 15 is 0 Å². The lowest BCUT2D eigenvalue weighted by molar-refractivity contribution is 1.18. The summed E-state index contributed by atoms with van der Waals surface area (Å²) in [6.07, 6.45) is 2.13. The highest BCUT2D eigenvalue weighted by Crippen LogP contribution is 2.35. The monoisotopic (exact) mass is 372 g/mol. The zero-order valence-corrected chi connectivity index (χ0v) is 16.3. The zero-order chi connectivity index (χ0) is 19.7. The minimum absolute atomic E-state index is 1.04. The largest absolute Gasteiger partial charge is 0.309 e. The van der Waals surface area contributed by atoms with E-state index in [2.05, 4.69) is 108 Å². The summed E-state index contributed by atoms with van der Waals surface area (Å²) in [4.78, 5) is 0. The van der Waals surface area contributed by atoms with Crippen molar-refractivity contribution >= 4 is 57.5 Å². The minimum atomic E-state index is 1.04. The first-order chi connectivity index (χ1) is 14.2. The average Bonchev–Trinajstić information content (AvgIpc) is 3.35. The number of nitrogens with zero attached hydrogens (tertiary/aromatic N) is 2. The quantitative estimate of drug-likeness (QED) is 0.401. The lowest BCUT2D eigenvalue weighted by atomic mass is 10.1. The maximum atomic E-state index is 4.49. The SMILES string of the molecule is C=c1cc2c(=C)c3c4c5ccccc5n(-c5ccccc5)c4ccc3n2/c1=C\C. The molecule has 0 saturated heterocycles. The fourth-order valence-corrected chi connectivity index (χ4v) is 4.90. The van der Waals surface area contributed by atoms with Crippen LogP contribution in [0.1, 0.15) is 6.92 Å². The molecule has 138 valence electrons. The molecule has 0 aliphatic heterocycles. The van der Waals surface area contributed by atoms with Crippen molar-refractivity contribution in [1.29, 1.82) is 0 Å². The van der Waals surface area contributed by atoms with E-state index in [9.17, 15) is 0 Å². The summed E-state index contributed by atoms with van der Waals surface area (Å²) in [5, 5.41) is 7.01. The van der Waals surface area contributed by atoms with Crippen LogP contribution in [0.15, 0.2) is 72.8 Å². The van der Waals surface area contributed by atoms with Gasteiger partial charge in [0, 0.05) is 32.4 Å². The third kappa shape index (κ3) is 1.95. The molecule has 0 N–H and O–H groups in total. The van der Waals surface area contributed by atoms with Crippen LogP contribution in [0, 0.1) is 0 Å². The van der Waals surface area contributed by atoms with Crippen LogP contribution in [0.3, 0.4) is 0 Å². The molecular formula is C27H20N2. The minimum Gasteiger partial charge on any atom is -0.309 e. The van der Waals surface area contributed by atoms with Crippen molar-refractivity contribution < 1.29 is 0 Å². The van der Waals surface area contributed by atoms with Gasteiger partial charge in [-0.15, -0.1) is 0 Å². The van der Waals surface area contributed by atoms with E-state index in [-0.39, 0.29) is 0 Å². The first-order valence-electron chi connectivity index (χ1n) is 9.89. The molecule has 0 saturated carbocycles. The highest BCUT2D eigenvalue weighted by atomic mass is 15.0. The summed E-state index contributed by atoms with van der Waals surface area (Å²) in [6, 6.07) is 25.8. The lowest BCUT2D eigenvalue weighted by Gasteiger charge is -2.07. The Morgan fingerprint density at radius 2 is 1.45 bits per heavy atom. The van der Waals surface area contributed by atoms with Gasteiger partial charge in [-0.05, 0) is 48.5 Å². The fraction of sp³-hybridized carbons (Fsp3) is 0.0370. The Bertz CT molecular complexity index is 1730. The van der Waals surface area contributed by atoms with Gasteiger partial charge in [0.05, 0.1) is 22.1 Å². The smallest absolute Gasteiger partial charge is 0.0548 e. The summed E-state index contributed by atoms with van der Waals surface area (Å²) in [6.45, 7) is 10.8. The standard InChI is InChI=1S/C27H20N2/c1-4-21-17(2)16-25-18(3)26-23(29(21)25)14-15-24-27(26)20-12-8-9-13-22(20)28(24)19-10-6-5-7-11-19/h4-16H,2-3H2,1H3/b21-4-. The van der Waals surface area contributed by atoms with Crippen molar-refractivity contribution in [2.24, 2.45) is 0 Å². The third-order valence-corrected chi connectivity index (χ3v) is 6.08. The van der Waals surface area contributed by atoms with Crippen molar-refractivity contribution in [3.05, 3.63) is 88.6 Å². The van der Waals surface area contributed by atoms with E-state index in [0.717, 1.165) is 21.3 Å². The van der Waals surface area contributed by atoms with Gasteiger partial charge < -0.3 is 8.97 Å². The average molecular weight is 372 g/mol. The van der Waals surface area contributed by atoms with Gasteiger partial charge >= 0.3 is 0 Å². The van der Waals surface area contributed by atoms with Gasteiger partial charge in [-0.1, -0.05) is 55.6 Å². The van der Waals surface area contributed by atoms with Gasteiger partial charge in [-0.2, -0.15) is 0 Å². The van der Waals surface area contributed by atoms with Crippen molar-refractivity contribution in [1.82, 2.24) is 8.97 Å². The van der Waals surface area contributed by atoms with Gasteiger partial charge in [-0.25, -0.2) is 0 Å². The summed E-state index contributed by atoms with van der Waals surface area (Å²) in [7, 11) is 0. The van der Waals surface area contributed by atoms with Crippen LogP contribution >= 0.6 is 0 Å². The van der Waals surface area contributed by atoms with E-state index in [0.29, 0.717) is 0 Å². The number of hydrogen-bond acceptors (Lipinski definition) is 0. The molecule has 6 rings (SSSR count). The summed E-state index contributed by atoms with van der Waals surface area (Å²) < 4.78 is 4.65. The van der Waals surface area contributed by atoms with Crippen LogP contribution in [0.25, 0.3) is 63.1 Å². The maximum Gasteiger partial charge on any atom is 0.0548 e. The van der Waals surface area contributed by atoms with Gasteiger partial charge in [-0.3, -0.25) is 0 Å². The number of benzene rings is 3. The molecule has 0 amide bonds. The van der Waals surface area contributed by atoms with Crippen LogP contribution < -0.4 is 15.8 Å². The number of rotatable bonds is 1. The van der Waals surface area contributed by atoms with Crippen LogP contribution in [0.4, 0.5) is 0 Å². The second-order valence-corrected chi connectivity index (χ2v) is 7.58. The molecule has 0 atom stereocenters. The Morgan fingerprint density at radius 1 is 0.724 bits per heavy atom. The number of aromatic nitrogens is 2. The van der Waals surface area contributed by atoms with Crippen LogP contribution in [-0.2, 0) is 0 Å². The number of fused-ring (bicyclic) bond motifs is 7. The molecule has 0 bridgehead atoms. The van der Waals surface area contributed by atoms with Gasteiger partial charge in [0.1, 0.15) is 0 Å². The number of hydrogen-bond donors (Lipinski definition) is 0. The van der Waals surface area contributed by atoms with Crippen molar-refractivity contribution in [3.63, 3.8) is 0 Å². The Labute approximate surface area is 167 Å². The molecular weight excluding hydrogens is 352 g/mol. The van der Waals surface area contributed by atoms with Gasteiger partial charge in [0.25, 0.3) is 0 Å². The van der Waals surface area contributed by atoms with Gasteiger partial charge in [0.2, 0.25) is 0 Å². The molecule has 0 aliphatic rings. The highest BCUT2D eigenvalue weighted by Gasteiger charge is 2.18. The zero-order valence-electron chi connectivity index (χ0n) is 16.3. The second-order valence-electron chi connectivity index (χ2n) is 7.58. The molecule has 3 aromatic heterocycles. The van der Waals surface area contributed by atoms with Crippen LogP contribution in [0.2, 0.25) is 0 Å². The van der Waals surface area contributed by atoms with E-state index < -0.39 is 0 Å². The molecule has 2 nitrogen and oxygen atoms in total. The van der Waals surface area contributed by atoms with Gasteiger partial charge in [0.15, 0.2) is 0 Å². The van der Waals surface area contributed by atoms with E-state index in [1.807, 2.05) is 0 Å². The molecule has 0 unspecified atom stereocenters. The maximum absolute atomic E-state index is 4.49. The summed E-state index contributed by atoms with van der Waals surface area (Å²) in [5.41, 5.74) is 5.93. The fourth-order valence-electron chi connectivity index (χ4n) is 4.90. The Morgan fingerprint density at radius 3 is 2.24 bits per heavy atom. The number of para-hydroxylation sites is 2. The molecule has 3 aromatic carbocycles. The topological polar surface area (TPSA) is 9.34 Å².